The second-order valence-corrected chi connectivity index (χ2v) is 7.31. The van der Waals surface area contributed by atoms with E-state index in [1.807, 2.05) is 0 Å². The molecule has 0 aromatic heterocycles. The highest BCUT2D eigenvalue weighted by Gasteiger charge is 2.03. The molecule has 0 bridgehead atoms. The molecule has 0 atom stereocenters. The van der Waals surface area contributed by atoms with Crippen LogP contribution in [-0.4, -0.2) is 31.3 Å². The molecule has 0 radical (unpaired) electrons. The first-order chi connectivity index (χ1) is 10.3. The first-order valence-electron chi connectivity index (χ1n) is 8.11. The minimum Gasteiger partial charge on any atom is -0.462 e. The molecule has 0 aromatic rings. The van der Waals surface area contributed by atoms with Crippen LogP contribution in [0.1, 0.15) is 71.1 Å². The molecule has 0 aliphatic rings. The molecule has 0 aromatic carbocycles. The van der Waals surface area contributed by atoms with E-state index in [-0.39, 0.29) is 11.7 Å². The highest BCUT2D eigenvalue weighted by atomic mass is 32.2. The molecule has 5 nitrogen and oxygen atoms in total. The Bertz CT molecular complexity index is 414. The molecule has 0 aliphatic heterocycles. The fraction of sp³-hybridized carbons (Fsp3) is 0.812. The highest BCUT2D eigenvalue weighted by Crippen LogP contribution is 2.11. The smallest absolute Gasteiger partial charge is 0.333 e. The van der Waals surface area contributed by atoms with Crippen molar-refractivity contribution in [1.82, 2.24) is 0 Å². The number of ether oxygens (including phenoxy) is 1. The van der Waals surface area contributed by atoms with Gasteiger partial charge in [0.25, 0.3) is 10.1 Å². The average Bonchev–Trinajstić information content (AvgIpc) is 2.42. The predicted octanol–water partition coefficient (Wildman–Crippen LogP) is 3.89. The first-order valence-corrected chi connectivity index (χ1v) is 9.71. The number of hydrogen-bond acceptors (Lipinski definition) is 4. The Morgan fingerprint density at radius 3 is 1.73 bits per heavy atom. The van der Waals surface area contributed by atoms with Gasteiger partial charge in [0, 0.05) is 5.57 Å². The van der Waals surface area contributed by atoms with E-state index in [2.05, 4.69) is 6.58 Å². The average molecular weight is 334 g/mol. The zero-order valence-corrected chi connectivity index (χ0v) is 14.5. The third-order valence-electron chi connectivity index (χ3n) is 3.38. The van der Waals surface area contributed by atoms with Crippen molar-refractivity contribution in [3.8, 4) is 0 Å². The number of carbonyl (C=O) groups excluding carboxylic acids is 1. The van der Waals surface area contributed by atoms with Crippen LogP contribution < -0.4 is 0 Å². The lowest BCUT2D eigenvalue weighted by atomic mass is 10.1. The van der Waals surface area contributed by atoms with Gasteiger partial charge in [-0.1, -0.05) is 57.9 Å². The molecule has 1 N–H and O–H groups in total. The van der Waals surface area contributed by atoms with Crippen molar-refractivity contribution in [2.45, 2.75) is 71.1 Å². The molecular weight excluding hydrogens is 304 g/mol. The zero-order valence-electron chi connectivity index (χ0n) is 13.7. The van der Waals surface area contributed by atoms with Crippen LogP contribution in [0.25, 0.3) is 0 Å². The Morgan fingerprint density at radius 1 is 0.909 bits per heavy atom. The minimum atomic E-state index is -3.78. The monoisotopic (exact) mass is 334 g/mol. The van der Waals surface area contributed by atoms with Crippen LogP contribution in [0, 0.1) is 0 Å². The van der Waals surface area contributed by atoms with Crippen LogP contribution >= 0.6 is 0 Å². The van der Waals surface area contributed by atoms with Crippen LogP contribution in [0.5, 0.6) is 0 Å². The van der Waals surface area contributed by atoms with E-state index >= 15 is 0 Å². The molecule has 0 spiro atoms. The van der Waals surface area contributed by atoms with Crippen molar-refractivity contribution in [2.75, 3.05) is 12.4 Å². The summed E-state index contributed by atoms with van der Waals surface area (Å²) in [5.74, 6) is -0.433. The van der Waals surface area contributed by atoms with Crippen LogP contribution in [0.15, 0.2) is 12.2 Å². The second-order valence-electron chi connectivity index (χ2n) is 5.74. The van der Waals surface area contributed by atoms with Crippen LogP contribution in [0.3, 0.4) is 0 Å². The standard InChI is InChI=1S/C16H30O5S/c1-15(2)16(17)21-13-11-9-7-5-3-4-6-8-10-12-14-22(18,19)20/h1,3-14H2,2H3,(H,18,19,20). The van der Waals surface area contributed by atoms with Crippen LogP contribution in [0.4, 0.5) is 0 Å². The molecule has 0 fully saturated rings. The van der Waals surface area contributed by atoms with Crippen LogP contribution in [0.2, 0.25) is 0 Å². The third kappa shape index (κ3) is 15.5. The molecule has 0 heterocycles. The van der Waals surface area contributed by atoms with Crippen LogP contribution in [-0.2, 0) is 19.6 Å². The molecular formula is C16H30O5S. The molecule has 0 rings (SSSR count). The molecule has 0 amide bonds. The lowest BCUT2D eigenvalue weighted by Crippen LogP contribution is -2.05. The number of unbranched alkanes of at least 4 members (excludes halogenated alkanes) is 9. The Balaban J connectivity index is 3.18. The Labute approximate surface area is 134 Å². The first kappa shape index (κ1) is 21.1. The van der Waals surface area contributed by atoms with E-state index in [9.17, 15) is 13.2 Å². The van der Waals surface area contributed by atoms with Gasteiger partial charge < -0.3 is 4.74 Å². The normalized spacial score (nSPS) is 11.4. The fourth-order valence-corrected chi connectivity index (χ4v) is 2.66. The van der Waals surface area contributed by atoms with Gasteiger partial charge in [-0.3, -0.25) is 4.55 Å². The largest absolute Gasteiger partial charge is 0.462 e. The van der Waals surface area contributed by atoms with E-state index in [0.717, 1.165) is 44.9 Å². The van der Waals surface area contributed by atoms with Crippen molar-refractivity contribution in [3.05, 3.63) is 12.2 Å². The van der Waals surface area contributed by atoms with E-state index < -0.39 is 10.1 Å². The van der Waals surface area contributed by atoms with Crippen molar-refractivity contribution >= 4 is 16.1 Å². The van der Waals surface area contributed by atoms with E-state index in [1.165, 1.54) is 12.8 Å². The van der Waals surface area contributed by atoms with E-state index in [1.54, 1.807) is 6.92 Å². The van der Waals surface area contributed by atoms with Gasteiger partial charge in [-0.2, -0.15) is 8.42 Å². The number of carbonyl (C=O) groups is 1. The maximum atomic E-state index is 11.1. The van der Waals surface area contributed by atoms with E-state index in [4.69, 9.17) is 9.29 Å². The topological polar surface area (TPSA) is 80.7 Å². The van der Waals surface area contributed by atoms with E-state index in [0.29, 0.717) is 18.6 Å². The molecule has 0 saturated heterocycles. The summed E-state index contributed by atoms with van der Waals surface area (Å²) in [7, 11) is -3.78. The number of hydrogen-bond donors (Lipinski definition) is 1. The third-order valence-corrected chi connectivity index (χ3v) is 4.18. The summed E-state index contributed by atoms with van der Waals surface area (Å²) < 4.78 is 34.6. The maximum Gasteiger partial charge on any atom is 0.333 e. The number of rotatable bonds is 14. The maximum absolute atomic E-state index is 11.1. The van der Waals surface area contributed by atoms with Gasteiger partial charge in [-0.15, -0.1) is 0 Å². The molecule has 130 valence electrons. The molecule has 22 heavy (non-hydrogen) atoms. The van der Waals surface area contributed by atoms with Gasteiger partial charge in [-0.25, -0.2) is 4.79 Å². The van der Waals surface area contributed by atoms with Crippen molar-refractivity contribution in [3.63, 3.8) is 0 Å². The molecule has 6 heteroatoms. The molecule has 0 aliphatic carbocycles. The van der Waals surface area contributed by atoms with Gasteiger partial charge in [-0.05, 0) is 19.8 Å². The van der Waals surface area contributed by atoms with Crippen molar-refractivity contribution in [2.24, 2.45) is 0 Å². The number of esters is 1. The van der Waals surface area contributed by atoms with Gasteiger partial charge in [0.2, 0.25) is 0 Å². The highest BCUT2D eigenvalue weighted by molar-refractivity contribution is 7.85. The van der Waals surface area contributed by atoms with Gasteiger partial charge >= 0.3 is 5.97 Å². The van der Waals surface area contributed by atoms with Crippen molar-refractivity contribution < 1.29 is 22.5 Å². The predicted molar refractivity (Wildman–Crippen MR) is 88.4 cm³/mol. The summed E-state index contributed by atoms with van der Waals surface area (Å²) in [4.78, 5) is 11.1. The second kappa shape index (κ2) is 12.6. The molecule has 0 saturated carbocycles. The summed E-state index contributed by atoms with van der Waals surface area (Å²) in [6.07, 6.45) is 10.2. The molecule has 0 unspecified atom stereocenters. The lowest BCUT2D eigenvalue weighted by Gasteiger charge is -2.04. The summed E-state index contributed by atoms with van der Waals surface area (Å²) >= 11 is 0. The van der Waals surface area contributed by atoms with Crippen molar-refractivity contribution in [1.29, 1.82) is 0 Å². The van der Waals surface area contributed by atoms with Gasteiger partial charge in [0.1, 0.15) is 0 Å². The Hall–Kier alpha value is -0.880. The van der Waals surface area contributed by atoms with Gasteiger partial charge in [0.15, 0.2) is 0 Å². The quantitative estimate of drug-likeness (QED) is 0.225. The summed E-state index contributed by atoms with van der Waals surface area (Å²) in [6, 6.07) is 0. The SMILES string of the molecule is C=C(C)C(=O)OCCCCCCCCCCCCS(=O)(=O)O. The summed E-state index contributed by atoms with van der Waals surface area (Å²) in [6.45, 7) is 5.64. The van der Waals surface area contributed by atoms with Gasteiger partial charge in [0.05, 0.1) is 12.4 Å². The lowest BCUT2D eigenvalue weighted by molar-refractivity contribution is -0.139. The zero-order chi connectivity index (χ0) is 16.8. The summed E-state index contributed by atoms with van der Waals surface area (Å²) in [5.41, 5.74) is 0.441. The minimum absolute atomic E-state index is 0.122. The Morgan fingerprint density at radius 2 is 1.32 bits per heavy atom. The Kier molecular flexibility index (Phi) is 12.1. The fourth-order valence-electron chi connectivity index (χ4n) is 2.09. The summed E-state index contributed by atoms with van der Waals surface area (Å²) in [5, 5.41) is 0.